The fraction of sp³-hybridized carbons (Fsp3) is 0.111. The van der Waals surface area contributed by atoms with E-state index in [9.17, 15) is 9.59 Å². The Bertz CT molecular complexity index is 912. The van der Waals surface area contributed by atoms with E-state index in [1.807, 2.05) is 12.1 Å². The van der Waals surface area contributed by atoms with E-state index in [2.05, 4.69) is 15.9 Å². The maximum atomic E-state index is 12.6. The van der Waals surface area contributed by atoms with Crippen LogP contribution in [-0.4, -0.2) is 23.2 Å². The number of carbonyl (C=O) groups is 2. The molecule has 0 N–H and O–H groups in total. The number of nitrogens with zero attached hydrogens (tertiary/aromatic N) is 1. The zero-order chi connectivity index (χ0) is 18.8. The van der Waals surface area contributed by atoms with Gasteiger partial charge in [-0.1, -0.05) is 35.3 Å². The predicted molar refractivity (Wildman–Crippen MR) is 109 cm³/mol. The zero-order valence-corrected chi connectivity index (χ0v) is 17.4. The van der Waals surface area contributed by atoms with Crippen LogP contribution in [0.1, 0.15) is 11.1 Å². The Kier molecular flexibility index (Phi) is 5.97. The molecule has 2 aromatic carbocycles. The Labute approximate surface area is 173 Å². The van der Waals surface area contributed by atoms with Crippen molar-refractivity contribution < 1.29 is 14.3 Å². The first kappa shape index (κ1) is 19.3. The first-order valence-corrected chi connectivity index (χ1v) is 9.79. The molecule has 26 heavy (non-hydrogen) atoms. The smallest absolute Gasteiger partial charge is 0.293 e. The summed E-state index contributed by atoms with van der Waals surface area (Å²) in [4.78, 5) is 26.4. The van der Waals surface area contributed by atoms with Gasteiger partial charge >= 0.3 is 0 Å². The third-order valence-electron chi connectivity index (χ3n) is 3.73. The van der Waals surface area contributed by atoms with Crippen LogP contribution in [0.15, 0.2) is 45.8 Å². The van der Waals surface area contributed by atoms with Crippen LogP contribution in [0.25, 0.3) is 6.08 Å². The minimum atomic E-state index is -0.372. The highest BCUT2D eigenvalue weighted by atomic mass is 79.9. The van der Waals surface area contributed by atoms with E-state index >= 15 is 0 Å². The van der Waals surface area contributed by atoms with Gasteiger partial charge in [-0.2, -0.15) is 0 Å². The van der Waals surface area contributed by atoms with Gasteiger partial charge in [-0.25, -0.2) is 0 Å². The number of halogens is 3. The Morgan fingerprint density at radius 2 is 1.88 bits per heavy atom. The second-order valence-electron chi connectivity index (χ2n) is 5.36. The van der Waals surface area contributed by atoms with E-state index in [-0.39, 0.29) is 17.7 Å². The lowest BCUT2D eigenvalue weighted by atomic mass is 10.2. The molecular weight excluding hydrogens is 461 g/mol. The standard InChI is InChI=1S/C18H12BrCl2NO3S/c1-25-15-6-5-10(7-12(15)19)8-16-17(23)22(18(24)26-16)9-11-13(20)3-2-4-14(11)21/h2-8H,9H2,1H3/b16-8+. The number of methoxy groups -OCH3 is 1. The lowest BCUT2D eigenvalue weighted by molar-refractivity contribution is -0.123. The molecule has 4 nitrogen and oxygen atoms in total. The fourth-order valence-electron chi connectivity index (χ4n) is 2.40. The maximum Gasteiger partial charge on any atom is 0.293 e. The van der Waals surface area contributed by atoms with Gasteiger partial charge in [0.15, 0.2) is 0 Å². The second-order valence-corrected chi connectivity index (χ2v) is 8.02. The van der Waals surface area contributed by atoms with Crippen molar-refractivity contribution in [1.82, 2.24) is 4.90 Å². The third kappa shape index (κ3) is 3.93. The van der Waals surface area contributed by atoms with Crippen molar-refractivity contribution in [2.45, 2.75) is 6.54 Å². The highest BCUT2D eigenvalue weighted by Gasteiger charge is 2.35. The van der Waals surface area contributed by atoms with Crippen molar-refractivity contribution in [2.75, 3.05) is 7.11 Å². The van der Waals surface area contributed by atoms with Crippen molar-refractivity contribution in [3.8, 4) is 5.75 Å². The first-order chi connectivity index (χ1) is 12.4. The van der Waals surface area contributed by atoms with E-state index in [0.717, 1.165) is 26.7 Å². The summed E-state index contributed by atoms with van der Waals surface area (Å²) in [7, 11) is 1.57. The van der Waals surface area contributed by atoms with Crippen LogP contribution in [-0.2, 0) is 11.3 Å². The molecule has 2 amide bonds. The molecule has 3 rings (SSSR count). The number of ether oxygens (including phenoxy) is 1. The van der Waals surface area contributed by atoms with Gasteiger partial charge in [0.05, 0.1) is 23.0 Å². The number of thioether (sulfide) groups is 1. The predicted octanol–water partition coefficient (Wildman–Crippen LogP) is 6.00. The molecule has 0 saturated carbocycles. The van der Waals surface area contributed by atoms with Crippen LogP contribution < -0.4 is 4.74 Å². The molecule has 1 aliphatic heterocycles. The van der Waals surface area contributed by atoms with Crippen LogP contribution in [0, 0.1) is 0 Å². The summed E-state index contributed by atoms with van der Waals surface area (Å²) in [5.41, 5.74) is 1.32. The summed E-state index contributed by atoms with van der Waals surface area (Å²) >= 11 is 16.6. The molecule has 0 radical (unpaired) electrons. The summed E-state index contributed by atoms with van der Waals surface area (Å²) in [5.74, 6) is 0.312. The van der Waals surface area contributed by atoms with Gasteiger partial charge in [0.25, 0.3) is 11.1 Å². The molecule has 1 fully saturated rings. The van der Waals surface area contributed by atoms with Crippen molar-refractivity contribution in [1.29, 1.82) is 0 Å². The topological polar surface area (TPSA) is 46.6 Å². The molecule has 134 valence electrons. The van der Waals surface area contributed by atoms with E-state index in [4.69, 9.17) is 27.9 Å². The van der Waals surface area contributed by atoms with Gasteiger partial charge in [-0.15, -0.1) is 0 Å². The van der Waals surface area contributed by atoms with Crippen molar-refractivity contribution >= 4 is 68.1 Å². The lowest BCUT2D eigenvalue weighted by Crippen LogP contribution is -2.27. The lowest BCUT2D eigenvalue weighted by Gasteiger charge is -2.14. The summed E-state index contributed by atoms with van der Waals surface area (Å²) in [6, 6.07) is 10.5. The van der Waals surface area contributed by atoms with Crippen LogP contribution >= 0.6 is 50.9 Å². The molecule has 0 aliphatic carbocycles. The summed E-state index contributed by atoms with van der Waals surface area (Å²) in [6.45, 7) is 0.0345. The molecule has 1 aliphatic rings. The second kappa shape index (κ2) is 8.05. The minimum absolute atomic E-state index is 0.0345. The van der Waals surface area contributed by atoms with Crippen molar-refractivity contribution in [3.63, 3.8) is 0 Å². The number of benzene rings is 2. The molecule has 0 spiro atoms. The molecule has 0 atom stereocenters. The van der Waals surface area contributed by atoms with Gasteiger partial charge in [0.1, 0.15) is 5.75 Å². The number of amides is 2. The molecule has 1 heterocycles. The third-order valence-corrected chi connectivity index (χ3v) is 5.96. The highest BCUT2D eigenvalue weighted by molar-refractivity contribution is 9.10. The molecule has 8 heteroatoms. The molecule has 0 aromatic heterocycles. The van der Waals surface area contributed by atoms with E-state index in [1.54, 1.807) is 37.5 Å². The van der Waals surface area contributed by atoms with Crippen molar-refractivity contribution in [3.05, 3.63) is 66.9 Å². The zero-order valence-electron chi connectivity index (χ0n) is 13.5. The molecule has 0 unspecified atom stereocenters. The molecule has 1 saturated heterocycles. The number of hydrogen-bond acceptors (Lipinski definition) is 4. The van der Waals surface area contributed by atoms with E-state index in [1.165, 1.54) is 0 Å². The maximum absolute atomic E-state index is 12.6. The van der Waals surface area contributed by atoms with Crippen LogP contribution in [0.2, 0.25) is 10.0 Å². The van der Waals surface area contributed by atoms with Crippen molar-refractivity contribution in [2.24, 2.45) is 0 Å². The number of imide groups is 1. The van der Waals surface area contributed by atoms with Gasteiger partial charge in [-0.3, -0.25) is 14.5 Å². The van der Waals surface area contributed by atoms with Gasteiger partial charge in [0, 0.05) is 15.6 Å². The number of rotatable bonds is 4. The van der Waals surface area contributed by atoms with Gasteiger partial charge < -0.3 is 4.74 Å². The largest absolute Gasteiger partial charge is 0.496 e. The minimum Gasteiger partial charge on any atom is -0.496 e. The van der Waals surface area contributed by atoms with E-state index in [0.29, 0.717) is 26.3 Å². The number of hydrogen-bond donors (Lipinski definition) is 0. The monoisotopic (exact) mass is 471 g/mol. The summed E-state index contributed by atoms with van der Waals surface area (Å²) in [5, 5.41) is 0.476. The molecule has 0 bridgehead atoms. The van der Waals surface area contributed by atoms with Crippen LogP contribution in [0.4, 0.5) is 4.79 Å². The Morgan fingerprint density at radius 3 is 2.50 bits per heavy atom. The Hall–Kier alpha value is -1.47. The Morgan fingerprint density at radius 1 is 1.19 bits per heavy atom. The Balaban J connectivity index is 1.86. The fourth-order valence-corrected chi connectivity index (χ4v) is 4.32. The SMILES string of the molecule is COc1ccc(/C=C2/SC(=O)N(Cc3c(Cl)cccc3Cl)C2=O)cc1Br. The highest BCUT2D eigenvalue weighted by Crippen LogP contribution is 2.36. The molecular formula is C18H12BrCl2NO3S. The van der Waals surface area contributed by atoms with E-state index < -0.39 is 0 Å². The normalized spacial score (nSPS) is 15.8. The first-order valence-electron chi connectivity index (χ1n) is 7.42. The summed E-state index contributed by atoms with van der Waals surface area (Å²) in [6.07, 6.45) is 1.67. The number of carbonyl (C=O) groups excluding carboxylic acids is 2. The summed E-state index contributed by atoms with van der Waals surface area (Å²) < 4.78 is 5.95. The van der Waals surface area contributed by atoms with Gasteiger partial charge in [-0.05, 0) is 63.6 Å². The average molecular weight is 473 g/mol. The van der Waals surface area contributed by atoms with Crippen LogP contribution in [0.5, 0.6) is 5.75 Å². The quantitative estimate of drug-likeness (QED) is 0.512. The van der Waals surface area contributed by atoms with Crippen LogP contribution in [0.3, 0.4) is 0 Å². The molecule has 2 aromatic rings. The van der Waals surface area contributed by atoms with Gasteiger partial charge in [0.2, 0.25) is 0 Å². The average Bonchev–Trinajstić information content (AvgIpc) is 2.85.